The van der Waals surface area contributed by atoms with Crippen LogP contribution in [-0.4, -0.2) is 24.9 Å². The van der Waals surface area contributed by atoms with Gasteiger partial charge in [0.05, 0.1) is 10.7 Å². The Kier molecular flexibility index (Phi) is 3.79. The molecule has 0 atom stereocenters. The van der Waals surface area contributed by atoms with Crippen molar-refractivity contribution in [2.24, 2.45) is 0 Å². The van der Waals surface area contributed by atoms with E-state index in [0.29, 0.717) is 21.5 Å². The molecule has 2 N–H and O–H groups in total. The number of benzene rings is 2. The minimum Gasteiger partial charge on any atom is -0.508 e. The highest BCUT2D eigenvalue weighted by atomic mass is 35.5. The molecule has 0 aliphatic carbocycles. The van der Waals surface area contributed by atoms with E-state index in [4.69, 9.17) is 11.6 Å². The number of halogens is 1. The van der Waals surface area contributed by atoms with Gasteiger partial charge in [0.15, 0.2) is 5.82 Å². The van der Waals surface area contributed by atoms with E-state index in [-0.39, 0.29) is 5.75 Å². The SMILES string of the molecule is Oc1ccc(Cc2nnc3sc(Nc4ccccc4Cl)nn23)cc1. The van der Waals surface area contributed by atoms with Crippen LogP contribution in [0, 0.1) is 0 Å². The van der Waals surface area contributed by atoms with Crippen molar-refractivity contribution >= 4 is 38.7 Å². The van der Waals surface area contributed by atoms with Gasteiger partial charge < -0.3 is 10.4 Å². The molecule has 0 bridgehead atoms. The molecule has 2 aromatic heterocycles. The van der Waals surface area contributed by atoms with Crippen LogP contribution in [0.3, 0.4) is 0 Å². The summed E-state index contributed by atoms with van der Waals surface area (Å²) in [6, 6.07) is 14.5. The number of nitrogens with one attached hydrogen (secondary N) is 1. The van der Waals surface area contributed by atoms with Gasteiger partial charge in [0.2, 0.25) is 10.1 Å². The summed E-state index contributed by atoms with van der Waals surface area (Å²) in [7, 11) is 0. The standard InChI is InChI=1S/C16H12ClN5OS/c17-12-3-1-2-4-13(12)18-15-21-22-14(19-20-16(22)24-15)9-10-5-7-11(23)8-6-10/h1-8,23H,9H2,(H,18,21). The smallest absolute Gasteiger partial charge is 0.236 e. The van der Waals surface area contributed by atoms with Crippen molar-refractivity contribution in [3.8, 4) is 5.75 Å². The van der Waals surface area contributed by atoms with Gasteiger partial charge in [-0.3, -0.25) is 0 Å². The van der Waals surface area contributed by atoms with Crippen molar-refractivity contribution in [2.45, 2.75) is 6.42 Å². The predicted molar refractivity (Wildman–Crippen MR) is 94.3 cm³/mol. The molecule has 0 aliphatic rings. The third-order valence-corrected chi connectivity index (χ3v) is 4.61. The van der Waals surface area contributed by atoms with Crippen LogP contribution >= 0.6 is 22.9 Å². The van der Waals surface area contributed by atoms with Crippen LogP contribution in [0.2, 0.25) is 5.02 Å². The number of phenolic OH excluding ortho intramolecular Hbond substituents is 1. The first-order chi connectivity index (χ1) is 11.7. The number of aromatic hydroxyl groups is 1. The molecule has 2 heterocycles. The van der Waals surface area contributed by atoms with Gasteiger partial charge in [-0.05, 0) is 29.8 Å². The van der Waals surface area contributed by atoms with Crippen LogP contribution in [0.15, 0.2) is 48.5 Å². The first-order valence-electron chi connectivity index (χ1n) is 7.19. The van der Waals surface area contributed by atoms with E-state index in [0.717, 1.165) is 17.1 Å². The second kappa shape index (κ2) is 6.10. The zero-order valence-corrected chi connectivity index (χ0v) is 13.9. The Morgan fingerprint density at radius 2 is 1.88 bits per heavy atom. The fraction of sp³-hybridized carbons (Fsp3) is 0.0625. The van der Waals surface area contributed by atoms with Gasteiger partial charge in [0.25, 0.3) is 0 Å². The number of para-hydroxylation sites is 1. The van der Waals surface area contributed by atoms with Gasteiger partial charge in [-0.25, -0.2) is 0 Å². The van der Waals surface area contributed by atoms with E-state index >= 15 is 0 Å². The van der Waals surface area contributed by atoms with Gasteiger partial charge >= 0.3 is 0 Å². The van der Waals surface area contributed by atoms with Crippen molar-refractivity contribution in [3.05, 3.63) is 64.9 Å². The number of rotatable bonds is 4. The lowest BCUT2D eigenvalue weighted by Gasteiger charge is -2.03. The molecule has 0 saturated carbocycles. The summed E-state index contributed by atoms with van der Waals surface area (Å²) in [6.45, 7) is 0. The summed E-state index contributed by atoms with van der Waals surface area (Å²) in [5.74, 6) is 0.976. The van der Waals surface area contributed by atoms with Crippen molar-refractivity contribution in [3.63, 3.8) is 0 Å². The van der Waals surface area contributed by atoms with Crippen LogP contribution in [0.4, 0.5) is 10.8 Å². The number of hydrogen-bond donors (Lipinski definition) is 2. The van der Waals surface area contributed by atoms with Crippen molar-refractivity contribution in [1.82, 2.24) is 19.8 Å². The number of aromatic nitrogens is 4. The lowest BCUT2D eigenvalue weighted by Crippen LogP contribution is -1.98. The quantitative estimate of drug-likeness (QED) is 0.579. The molecule has 0 fully saturated rings. The maximum Gasteiger partial charge on any atom is 0.236 e. The molecule has 0 unspecified atom stereocenters. The van der Waals surface area contributed by atoms with Crippen LogP contribution in [-0.2, 0) is 6.42 Å². The summed E-state index contributed by atoms with van der Waals surface area (Å²) in [6.07, 6.45) is 0.580. The Balaban J connectivity index is 1.61. The zero-order chi connectivity index (χ0) is 16.5. The summed E-state index contributed by atoms with van der Waals surface area (Å²) in [4.78, 5) is 0.707. The van der Waals surface area contributed by atoms with E-state index in [9.17, 15) is 5.11 Å². The Labute approximate surface area is 146 Å². The Hall–Kier alpha value is -2.64. The van der Waals surface area contributed by atoms with Crippen molar-refractivity contribution < 1.29 is 5.11 Å². The van der Waals surface area contributed by atoms with Gasteiger partial charge in [-0.1, -0.05) is 47.2 Å². The second-order valence-electron chi connectivity index (χ2n) is 5.17. The van der Waals surface area contributed by atoms with Gasteiger partial charge in [0.1, 0.15) is 5.75 Å². The molecule has 0 amide bonds. The predicted octanol–water partition coefficient (Wildman–Crippen LogP) is 3.88. The fourth-order valence-corrected chi connectivity index (χ4v) is 3.25. The molecule has 4 aromatic rings. The number of anilines is 2. The Morgan fingerprint density at radius 3 is 2.67 bits per heavy atom. The Morgan fingerprint density at radius 1 is 1.08 bits per heavy atom. The van der Waals surface area contributed by atoms with E-state index in [1.54, 1.807) is 16.6 Å². The molecular formula is C16H12ClN5OS. The highest BCUT2D eigenvalue weighted by molar-refractivity contribution is 7.20. The molecular weight excluding hydrogens is 346 g/mol. The van der Waals surface area contributed by atoms with Crippen molar-refractivity contribution in [1.29, 1.82) is 0 Å². The normalized spacial score (nSPS) is 11.0. The number of nitrogens with zero attached hydrogens (tertiary/aromatic N) is 4. The highest BCUT2D eigenvalue weighted by Gasteiger charge is 2.13. The topological polar surface area (TPSA) is 75.3 Å². The van der Waals surface area contributed by atoms with Crippen LogP contribution in [0.25, 0.3) is 4.96 Å². The zero-order valence-electron chi connectivity index (χ0n) is 12.3. The van der Waals surface area contributed by atoms with E-state index in [1.165, 1.54) is 11.3 Å². The second-order valence-corrected chi connectivity index (χ2v) is 6.53. The average molecular weight is 358 g/mol. The average Bonchev–Trinajstić information content (AvgIpc) is 3.13. The van der Waals surface area contributed by atoms with Crippen LogP contribution in [0.1, 0.15) is 11.4 Å². The summed E-state index contributed by atoms with van der Waals surface area (Å²) in [5.41, 5.74) is 1.82. The van der Waals surface area contributed by atoms with E-state index < -0.39 is 0 Å². The van der Waals surface area contributed by atoms with Gasteiger partial charge in [-0.2, -0.15) is 4.52 Å². The minimum absolute atomic E-state index is 0.241. The largest absolute Gasteiger partial charge is 0.508 e. The highest BCUT2D eigenvalue weighted by Crippen LogP contribution is 2.28. The molecule has 0 radical (unpaired) electrons. The van der Waals surface area contributed by atoms with Crippen LogP contribution in [0.5, 0.6) is 5.75 Å². The molecule has 6 nitrogen and oxygen atoms in total. The maximum absolute atomic E-state index is 9.36. The van der Waals surface area contributed by atoms with Crippen molar-refractivity contribution in [2.75, 3.05) is 5.32 Å². The molecule has 0 aliphatic heterocycles. The maximum atomic E-state index is 9.36. The molecule has 4 rings (SSSR count). The molecule has 0 spiro atoms. The third kappa shape index (κ3) is 2.91. The number of fused-ring (bicyclic) bond motifs is 1. The summed E-state index contributed by atoms with van der Waals surface area (Å²) >= 11 is 7.56. The first-order valence-corrected chi connectivity index (χ1v) is 8.39. The summed E-state index contributed by atoms with van der Waals surface area (Å²) < 4.78 is 1.72. The minimum atomic E-state index is 0.241. The molecule has 24 heavy (non-hydrogen) atoms. The monoisotopic (exact) mass is 357 g/mol. The molecule has 2 aromatic carbocycles. The number of hydrogen-bond acceptors (Lipinski definition) is 6. The third-order valence-electron chi connectivity index (χ3n) is 3.47. The number of phenols is 1. The van der Waals surface area contributed by atoms with E-state index in [1.807, 2.05) is 36.4 Å². The van der Waals surface area contributed by atoms with Crippen LogP contribution < -0.4 is 5.32 Å². The van der Waals surface area contributed by atoms with E-state index in [2.05, 4.69) is 20.6 Å². The fourth-order valence-electron chi connectivity index (χ4n) is 2.29. The van der Waals surface area contributed by atoms with Gasteiger partial charge in [0, 0.05) is 6.42 Å². The van der Waals surface area contributed by atoms with Gasteiger partial charge in [-0.15, -0.1) is 15.3 Å². The molecule has 0 saturated heterocycles. The lowest BCUT2D eigenvalue weighted by atomic mass is 10.1. The Bertz CT molecular complexity index is 995. The lowest BCUT2D eigenvalue weighted by molar-refractivity contribution is 0.475. The summed E-state index contributed by atoms with van der Waals surface area (Å²) in [5, 5.41) is 26.7. The molecule has 120 valence electrons. The first kappa shape index (κ1) is 14.9. The molecule has 8 heteroatoms.